The highest BCUT2D eigenvalue weighted by molar-refractivity contribution is 7.80. The van der Waals surface area contributed by atoms with Crippen LogP contribution >= 0.6 is 12.2 Å². The topological polar surface area (TPSA) is 91.7 Å². The monoisotopic (exact) mass is 619 g/mol. The predicted octanol–water partition coefficient (Wildman–Crippen LogP) is 6.71. The van der Waals surface area contributed by atoms with Crippen LogP contribution in [-0.2, 0) is 11.0 Å². The number of piperidine rings is 1. The van der Waals surface area contributed by atoms with E-state index in [1.54, 1.807) is 60.4 Å². The molecule has 0 atom stereocenters. The van der Waals surface area contributed by atoms with Gasteiger partial charge in [0.25, 0.3) is 11.8 Å². The predicted molar refractivity (Wildman–Crippen MR) is 166 cm³/mol. The molecule has 2 amide bonds. The highest BCUT2D eigenvalue weighted by Gasteiger charge is 2.31. The van der Waals surface area contributed by atoms with E-state index in [1.165, 1.54) is 12.1 Å². The minimum atomic E-state index is -4.45. The van der Waals surface area contributed by atoms with Crippen molar-refractivity contribution >= 4 is 45.7 Å². The molecular formula is C33H28F3N3O4S. The molecule has 5 rings (SSSR count). The van der Waals surface area contributed by atoms with E-state index < -0.39 is 17.6 Å². The van der Waals surface area contributed by atoms with Crippen LogP contribution in [0.5, 0.6) is 0 Å². The molecule has 226 valence electrons. The Morgan fingerprint density at radius 1 is 0.977 bits per heavy atom. The van der Waals surface area contributed by atoms with Crippen LogP contribution in [-0.4, -0.2) is 34.8 Å². The molecule has 4 aromatic rings. The van der Waals surface area contributed by atoms with E-state index in [2.05, 4.69) is 17.2 Å². The lowest BCUT2D eigenvalue weighted by molar-refractivity contribution is -0.137. The third-order valence-corrected chi connectivity index (χ3v) is 8.03. The number of halogens is 3. The van der Waals surface area contributed by atoms with Gasteiger partial charge in [0.2, 0.25) is 5.43 Å². The summed E-state index contributed by atoms with van der Waals surface area (Å²) in [5.41, 5.74) is 0.719. The molecule has 0 spiro atoms. The molecule has 7 nitrogen and oxygen atoms in total. The molecule has 0 radical (unpaired) electrons. The molecule has 1 aromatic heterocycles. The smallest absolute Gasteiger partial charge is 0.416 e. The van der Waals surface area contributed by atoms with E-state index in [-0.39, 0.29) is 34.4 Å². The number of carbonyl (C=O) groups excluding carboxylic acids is 2. The van der Waals surface area contributed by atoms with Gasteiger partial charge in [-0.1, -0.05) is 61.3 Å². The number of hydrogen-bond acceptors (Lipinski definition) is 5. The molecule has 3 aromatic carbocycles. The van der Waals surface area contributed by atoms with Crippen molar-refractivity contribution < 1.29 is 27.2 Å². The standard InChI is InChI=1S/C33H28F3N3O4S/c1-19(30(41)38-28-20(2)43-27-10-6-5-9-26(27)29(28)40)37-31(44)22-15-17-39(18-16-22)32(42)25-8-4-3-7-24(25)21-11-13-23(14-12-21)33(34,35)36/h3-14,22H,1,15-18H2,2H3,(H,37,44)(H,38,41). The van der Waals surface area contributed by atoms with Crippen LogP contribution in [0.25, 0.3) is 22.1 Å². The van der Waals surface area contributed by atoms with Gasteiger partial charge >= 0.3 is 6.18 Å². The van der Waals surface area contributed by atoms with Gasteiger partial charge < -0.3 is 20.0 Å². The molecule has 11 heteroatoms. The number of hydrogen-bond donors (Lipinski definition) is 2. The van der Waals surface area contributed by atoms with Crippen LogP contribution in [0.2, 0.25) is 0 Å². The first kappa shape index (κ1) is 30.7. The van der Waals surface area contributed by atoms with Gasteiger partial charge in [-0.3, -0.25) is 14.4 Å². The average molecular weight is 620 g/mol. The van der Waals surface area contributed by atoms with Crippen molar-refractivity contribution in [3.05, 3.63) is 112 Å². The number of aryl methyl sites for hydroxylation is 1. The summed E-state index contributed by atoms with van der Waals surface area (Å²) in [6, 6.07) is 18.3. The zero-order valence-corrected chi connectivity index (χ0v) is 24.5. The van der Waals surface area contributed by atoms with Gasteiger partial charge in [0, 0.05) is 24.6 Å². The summed E-state index contributed by atoms with van der Waals surface area (Å²) in [4.78, 5) is 41.3. The van der Waals surface area contributed by atoms with Crippen LogP contribution in [0.1, 0.15) is 34.5 Å². The number of thiocarbonyl (C=S) groups is 1. The molecule has 2 N–H and O–H groups in total. The second-order valence-electron chi connectivity index (χ2n) is 10.5. The molecule has 1 aliphatic heterocycles. The first-order chi connectivity index (χ1) is 20.9. The zero-order chi connectivity index (χ0) is 31.6. The van der Waals surface area contributed by atoms with E-state index in [9.17, 15) is 27.6 Å². The van der Waals surface area contributed by atoms with E-state index >= 15 is 0 Å². The Hall–Kier alpha value is -4.77. The van der Waals surface area contributed by atoms with Crippen molar-refractivity contribution in [2.24, 2.45) is 5.92 Å². The minimum Gasteiger partial charge on any atom is -0.459 e. The summed E-state index contributed by atoms with van der Waals surface area (Å²) in [5.74, 6) is -0.734. The number of benzene rings is 3. The van der Waals surface area contributed by atoms with Crippen molar-refractivity contribution in [1.82, 2.24) is 10.2 Å². The summed E-state index contributed by atoms with van der Waals surface area (Å²) >= 11 is 5.55. The Kier molecular flexibility index (Phi) is 8.68. The lowest BCUT2D eigenvalue weighted by atomic mass is 9.94. The van der Waals surface area contributed by atoms with Crippen LogP contribution in [0.4, 0.5) is 18.9 Å². The van der Waals surface area contributed by atoms with E-state index in [0.717, 1.165) is 12.1 Å². The number of amides is 2. The van der Waals surface area contributed by atoms with Crippen LogP contribution in [0, 0.1) is 12.8 Å². The molecule has 0 saturated carbocycles. The Morgan fingerprint density at radius 3 is 2.30 bits per heavy atom. The number of fused-ring (bicyclic) bond motifs is 1. The maximum atomic E-state index is 13.5. The van der Waals surface area contributed by atoms with Gasteiger partial charge in [0.05, 0.1) is 21.6 Å². The molecular weight excluding hydrogens is 591 g/mol. The van der Waals surface area contributed by atoms with Gasteiger partial charge in [-0.15, -0.1) is 0 Å². The number of anilines is 1. The Labute approximate surface area is 256 Å². The second-order valence-corrected chi connectivity index (χ2v) is 10.9. The molecule has 1 aliphatic rings. The average Bonchev–Trinajstić information content (AvgIpc) is 3.02. The summed E-state index contributed by atoms with van der Waals surface area (Å²) in [5, 5.41) is 5.79. The van der Waals surface area contributed by atoms with Gasteiger partial charge in [-0.05, 0) is 61.2 Å². The molecule has 44 heavy (non-hydrogen) atoms. The van der Waals surface area contributed by atoms with Crippen LogP contribution in [0.15, 0.2) is 94.3 Å². The first-order valence-corrected chi connectivity index (χ1v) is 14.2. The Bertz CT molecular complexity index is 1830. The second kappa shape index (κ2) is 12.5. The summed E-state index contributed by atoms with van der Waals surface area (Å²) in [7, 11) is 0. The molecule has 0 unspecified atom stereocenters. The quantitative estimate of drug-likeness (QED) is 0.184. The number of nitrogens with zero attached hydrogens (tertiary/aromatic N) is 1. The third-order valence-electron chi connectivity index (χ3n) is 7.59. The molecule has 1 fully saturated rings. The van der Waals surface area contributed by atoms with E-state index in [4.69, 9.17) is 16.6 Å². The maximum absolute atomic E-state index is 13.5. The van der Waals surface area contributed by atoms with E-state index in [1.807, 2.05) is 0 Å². The molecule has 0 bridgehead atoms. The SMILES string of the molecule is C=C(NC(=S)C1CCN(C(=O)c2ccccc2-c2ccc(C(F)(F)F)cc2)CC1)C(=O)Nc1c(C)oc2ccccc2c1=O. The first-order valence-electron chi connectivity index (χ1n) is 13.8. The van der Waals surface area contributed by atoms with Crippen molar-refractivity contribution in [1.29, 1.82) is 0 Å². The Balaban J connectivity index is 1.19. The van der Waals surface area contributed by atoms with Crippen molar-refractivity contribution in [3.63, 3.8) is 0 Å². The number of nitrogens with one attached hydrogen (secondary N) is 2. The van der Waals surface area contributed by atoms with Crippen molar-refractivity contribution in [3.8, 4) is 11.1 Å². The largest absolute Gasteiger partial charge is 0.459 e. The third kappa shape index (κ3) is 6.42. The molecule has 0 aliphatic carbocycles. The number of likely N-dealkylation sites (tertiary alicyclic amines) is 1. The number of alkyl halides is 3. The van der Waals surface area contributed by atoms with E-state index in [0.29, 0.717) is 58.6 Å². The van der Waals surface area contributed by atoms with Crippen LogP contribution in [0.3, 0.4) is 0 Å². The fourth-order valence-corrected chi connectivity index (χ4v) is 5.53. The summed E-state index contributed by atoms with van der Waals surface area (Å²) < 4.78 is 44.7. The fraction of sp³-hybridized carbons (Fsp3) is 0.212. The van der Waals surface area contributed by atoms with Gasteiger partial charge in [-0.25, -0.2) is 0 Å². The summed E-state index contributed by atoms with van der Waals surface area (Å²) in [6.45, 7) is 6.14. The zero-order valence-electron chi connectivity index (χ0n) is 23.7. The highest BCUT2D eigenvalue weighted by atomic mass is 32.1. The fourth-order valence-electron chi connectivity index (χ4n) is 5.17. The Morgan fingerprint density at radius 2 is 1.61 bits per heavy atom. The van der Waals surface area contributed by atoms with Gasteiger partial charge in [-0.2, -0.15) is 13.2 Å². The summed E-state index contributed by atoms with van der Waals surface area (Å²) in [6.07, 6.45) is -3.39. The molecule has 1 saturated heterocycles. The van der Waals surface area contributed by atoms with Gasteiger partial charge in [0.15, 0.2) is 0 Å². The molecule has 2 heterocycles. The normalized spacial score (nSPS) is 13.9. The maximum Gasteiger partial charge on any atom is 0.416 e. The highest BCUT2D eigenvalue weighted by Crippen LogP contribution is 2.32. The minimum absolute atomic E-state index is 0.0194. The van der Waals surface area contributed by atoms with Crippen molar-refractivity contribution in [2.75, 3.05) is 18.4 Å². The number of carbonyl (C=O) groups is 2. The number of para-hydroxylation sites is 1. The number of rotatable bonds is 6. The lowest BCUT2D eigenvalue weighted by Gasteiger charge is -2.33. The van der Waals surface area contributed by atoms with Crippen molar-refractivity contribution in [2.45, 2.75) is 25.9 Å². The van der Waals surface area contributed by atoms with Gasteiger partial charge in [0.1, 0.15) is 17.0 Å². The lowest BCUT2D eigenvalue weighted by Crippen LogP contribution is -2.43. The van der Waals surface area contributed by atoms with Crippen LogP contribution < -0.4 is 16.1 Å².